The molecule has 1 aliphatic rings. The van der Waals surface area contributed by atoms with Gasteiger partial charge >= 0.3 is 0 Å². The molecular formula is C17H23N3O3. The van der Waals surface area contributed by atoms with Crippen LogP contribution < -0.4 is 9.47 Å². The average Bonchev–Trinajstić information content (AvgIpc) is 3.23. The number of methoxy groups -OCH3 is 2. The third-order valence-electron chi connectivity index (χ3n) is 4.33. The van der Waals surface area contributed by atoms with E-state index in [0.29, 0.717) is 18.5 Å². The average molecular weight is 317 g/mol. The van der Waals surface area contributed by atoms with E-state index in [0.717, 1.165) is 43.1 Å². The molecule has 23 heavy (non-hydrogen) atoms. The lowest BCUT2D eigenvalue weighted by Gasteiger charge is -2.25. The van der Waals surface area contributed by atoms with Crippen LogP contribution >= 0.6 is 0 Å². The second-order valence-corrected chi connectivity index (χ2v) is 5.69. The van der Waals surface area contributed by atoms with Crippen LogP contribution in [0, 0.1) is 0 Å². The van der Waals surface area contributed by atoms with E-state index in [1.165, 1.54) is 5.56 Å². The predicted molar refractivity (Wildman–Crippen MR) is 85.6 cm³/mol. The zero-order valence-electron chi connectivity index (χ0n) is 13.9. The number of ether oxygens (including phenoxy) is 2. The van der Waals surface area contributed by atoms with E-state index in [9.17, 15) is 0 Å². The van der Waals surface area contributed by atoms with Crippen molar-refractivity contribution in [2.24, 2.45) is 0 Å². The molecule has 6 heteroatoms. The highest BCUT2D eigenvalue weighted by Gasteiger charge is 2.29. The number of hydrogen-bond donors (Lipinski definition) is 0. The molecule has 1 aromatic heterocycles. The molecule has 0 saturated carbocycles. The van der Waals surface area contributed by atoms with Gasteiger partial charge in [-0.2, -0.15) is 4.98 Å². The molecule has 1 saturated heterocycles. The van der Waals surface area contributed by atoms with Crippen LogP contribution in [0.3, 0.4) is 0 Å². The van der Waals surface area contributed by atoms with Crippen LogP contribution in [0.25, 0.3) is 0 Å². The molecule has 2 aromatic rings. The highest BCUT2D eigenvalue weighted by Crippen LogP contribution is 2.39. The molecule has 1 fully saturated rings. The Kier molecular flexibility index (Phi) is 4.81. The Morgan fingerprint density at radius 3 is 2.87 bits per heavy atom. The molecule has 0 radical (unpaired) electrons. The van der Waals surface area contributed by atoms with Crippen LogP contribution in [-0.2, 0) is 13.0 Å². The van der Waals surface area contributed by atoms with Gasteiger partial charge in [0.2, 0.25) is 5.89 Å². The van der Waals surface area contributed by atoms with E-state index in [2.05, 4.69) is 21.1 Å². The monoisotopic (exact) mass is 317 g/mol. The van der Waals surface area contributed by atoms with Crippen molar-refractivity contribution in [3.8, 4) is 11.5 Å². The molecule has 1 aliphatic heterocycles. The van der Waals surface area contributed by atoms with Gasteiger partial charge in [0.25, 0.3) is 0 Å². The minimum atomic E-state index is 0.299. The molecule has 0 N–H and O–H groups in total. The van der Waals surface area contributed by atoms with Crippen LogP contribution in [-0.4, -0.2) is 35.8 Å². The van der Waals surface area contributed by atoms with Crippen molar-refractivity contribution in [2.45, 2.75) is 38.8 Å². The molecule has 0 bridgehead atoms. The maximum absolute atomic E-state index is 5.56. The number of aromatic nitrogens is 2. The predicted octanol–water partition coefficient (Wildman–Crippen LogP) is 2.99. The molecule has 6 nitrogen and oxygen atoms in total. The SMILES string of the molecule is CCc1noc(CN2CCC[C@@H]2c2ccc(OC)cc2OC)n1. The van der Waals surface area contributed by atoms with Gasteiger partial charge in [-0.15, -0.1) is 0 Å². The Hall–Kier alpha value is -2.08. The molecule has 0 spiro atoms. The fraction of sp³-hybridized carbons (Fsp3) is 0.529. The van der Waals surface area contributed by atoms with E-state index >= 15 is 0 Å². The van der Waals surface area contributed by atoms with E-state index in [1.54, 1.807) is 14.2 Å². The molecule has 1 atom stereocenters. The van der Waals surface area contributed by atoms with Gasteiger partial charge in [0.1, 0.15) is 11.5 Å². The summed E-state index contributed by atoms with van der Waals surface area (Å²) < 4.78 is 16.2. The number of hydrogen-bond acceptors (Lipinski definition) is 6. The first-order valence-corrected chi connectivity index (χ1v) is 8.02. The Balaban J connectivity index is 1.81. The fourth-order valence-corrected chi connectivity index (χ4v) is 3.13. The summed E-state index contributed by atoms with van der Waals surface area (Å²) in [4.78, 5) is 6.79. The normalized spacial score (nSPS) is 18.3. The molecule has 2 heterocycles. The molecule has 0 unspecified atom stereocenters. The lowest BCUT2D eigenvalue weighted by Crippen LogP contribution is -2.23. The third-order valence-corrected chi connectivity index (χ3v) is 4.33. The van der Waals surface area contributed by atoms with E-state index in [-0.39, 0.29) is 0 Å². The Morgan fingerprint density at radius 2 is 2.17 bits per heavy atom. The molecular weight excluding hydrogens is 294 g/mol. The van der Waals surface area contributed by atoms with Crippen molar-refractivity contribution in [3.63, 3.8) is 0 Å². The Labute approximate surface area is 136 Å². The topological polar surface area (TPSA) is 60.6 Å². The van der Waals surface area contributed by atoms with Crippen LogP contribution in [0.4, 0.5) is 0 Å². The molecule has 0 amide bonds. The third kappa shape index (κ3) is 3.32. The van der Waals surface area contributed by atoms with Crippen molar-refractivity contribution in [1.29, 1.82) is 0 Å². The van der Waals surface area contributed by atoms with Gasteiger partial charge in [-0.25, -0.2) is 0 Å². The lowest BCUT2D eigenvalue weighted by molar-refractivity contribution is 0.209. The van der Waals surface area contributed by atoms with Crippen LogP contribution in [0.15, 0.2) is 22.7 Å². The van der Waals surface area contributed by atoms with Crippen molar-refractivity contribution in [1.82, 2.24) is 15.0 Å². The first-order chi connectivity index (χ1) is 11.2. The molecule has 3 rings (SSSR count). The zero-order valence-corrected chi connectivity index (χ0v) is 13.9. The zero-order chi connectivity index (χ0) is 16.2. The van der Waals surface area contributed by atoms with Crippen LogP contribution in [0.5, 0.6) is 11.5 Å². The van der Waals surface area contributed by atoms with Gasteiger partial charge < -0.3 is 14.0 Å². The van der Waals surface area contributed by atoms with E-state index in [4.69, 9.17) is 14.0 Å². The van der Waals surface area contributed by atoms with Gasteiger partial charge in [-0.3, -0.25) is 4.90 Å². The number of aryl methyl sites for hydroxylation is 1. The standard InChI is InChI=1S/C17H23N3O3/c1-4-16-18-17(23-19-16)11-20-9-5-6-14(20)13-8-7-12(21-2)10-15(13)22-3/h7-8,10,14H,4-6,9,11H2,1-3H3/t14-/m1/s1. The quantitative estimate of drug-likeness (QED) is 0.816. The Bertz CT molecular complexity index is 656. The van der Waals surface area contributed by atoms with Crippen LogP contribution in [0.2, 0.25) is 0 Å². The summed E-state index contributed by atoms with van der Waals surface area (Å²) >= 11 is 0. The lowest BCUT2D eigenvalue weighted by atomic mass is 10.0. The second-order valence-electron chi connectivity index (χ2n) is 5.69. The maximum atomic E-state index is 5.56. The summed E-state index contributed by atoms with van der Waals surface area (Å²) in [5, 5.41) is 3.98. The summed E-state index contributed by atoms with van der Waals surface area (Å²) in [5.41, 5.74) is 1.18. The fourth-order valence-electron chi connectivity index (χ4n) is 3.13. The first-order valence-electron chi connectivity index (χ1n) is 8.02. The number of rotatable bonds is 6. The Morgan fingerprint density at radius 1 is 1.30 bits per heavy atom. The summed E-state index contributed by atoms with van der Waals surface area (Å²) in [5.74, 6) is 3.11. The van der Waals surface area contributed by atoms with Gasteiger partial charge in [0.15, 0.2) is 5.82 Å². The summed E-state index contributed by atoms with van der Waals surface area (Å²) in [6.07, 6.45) is 3.03. The van der Waals surface area contributed by atoms with Crippen molar-refractivity contribution < 1.29 is 14.0 Å². The highest BCUT2D eigenvalue weighted by atomic mass is 16.5. The summed E-state index contributed by atoms with van der Waals surface area (Å²) in [7, 11) is 3.36. The minimum absolute atomic E-state index is 0.299. The maximum Gasteiger partial charge on any atom is 0.240 e. The van der Waals surface area contributed by atoms with Crippen molar-refractivity contribution in [3.05, 3.63) is 35.5 Å². The van der Waals surface area contributed by atoms with E-state index < -0.39 is 0 Å². The molecule has 0 aliphatic carbocycles. The smallest absolute Gasteiger partial charge is 0.240 e. The van der Waals surface area contributed by atoms with Gasteiger partial charge in [-0.05, 0) is 25.5 Å². The minimum Gasteiger partial charge on any atom is -0.497 e. The van der Waals surface area contributed by atoms with Crippen molar-refractivity contribution >= 4 is 0 Å². The van der Waals surface area contributed by atoms with Gasteiger partial charge in [0, 0.05) is 24.1 Å². The van der Waals surface area contributed by atoms with Crippen LogP contribution in [0.1, 0.15) is 43.1 Å². The number of nitrogens with zero attached hydrogens (tertiary/aromatic N) is 3. The van der Waals surface area contributed by atoms with Crippen molar-refractivity contribution in [2.75, 3.05) is 20.8 Å². The second kappa shape index (κ2) is 7.00. The largest absolute Gasteiger partial charge is 0.497 e. The first kappa shape index (κ1) is 15.8. The molecule has 1 aromatic carbocycles. The highest BCUT2D eigenvalue weighted by molar-refractivity contribution is 5.42. The number of likely N-dealkylation sites (tertiary alicyclic amines) is 1. The molecule has 124 valence electrons. The van der Waals surface area contributed by atoms with Gasteiger partial charge in [-0.1, -0.05) is 18.1 Å². The van der Waals surface area contributed by atoms with E-state index in [1.807, 2.05) is 19.1 Å². The number of benzene rings is 1. The summed E-state index contributed by atoms with van der Waals surface area (Å²) in [6.45, 7) is 3.71. The summed E-state index contributed by atoms with van der Waals surface area (Å²) in [6, 6.07) is 6.31. The van der Waals surface area contributed by atoms with Gasteiger partial charge in [0.05, 0.1) is 20.8 Å².